The van der Waals surface area contributed by atoms with Crippen molar-refractivity contribution in [2.45, 2.75) is 52.4 Å². The van der Waals surface area contributed by atoms with Crippen LogP contribution >= 0.6 is 0 Å². The Morgan fingerprint density at radius 3 is 2.31 bits per heavy atom. The highest BCUT2D eigenvalue weighted by atomic mass is 28.4. The van der Waals surface area contributed by atoms with Crippen LogP contribution in [-0.4, -0.2) is 13.3 Å². The van der Waals surface area contributed by atoms with Crippen LogP contribution in [0.4, 0.5) is 0 Å². The highest BCUT2D eigenvalue weighted by Crippen LogP contribution is 2.36. The molecule has 16 heavy (non-hydrogen) atoms. The van der Waals surface area contributed by atoms with Gasteiger partial charge in [-0.1, -0.05) is 26.8 Å². The van der Waals surface area contributed by atoms with Crippen molar-refractivity contribution in [3.63, 3.8) is 0 Å². The third-order valence-corrected chi connectivity index (χ3v) is 7.86. The van der Waals surface area contributed by atoms with Crippen molar-refractivity contribution >= 4 is 8.32 Å². The molecule has 1 rings (SSSR count). The van der Waals surface area contributed by atoms with Crippen molar-refractivity contribution in [1.29, 1.82) is 0 Å². The van der Waals surface area contributed by atoms with Crippen LogP contribution in [0, 0.1) is 6.92 Å². The fourth-order valence-corrected chi connectivity index (χ4v) is 2.02. The van der Waals surface area contributed by atoms with Gasteiger partial charge in [0.05, 0.1) is 6.61 Å². The molecule has 0 amide bonds. The van der Waals surface area contributed by atoms with Crippen LogP contribution < -0.4 is 0 Å². The summed E-state index contributed by atoms with van der Waals surface area (Å²) in [7, 11) is -1.63. The standard InChI is InChI=1S/C13H23NOSi/c1-11-7-8-12(9-14-11)10-15-16(5,6)13(2,3)4/h7-9H,10H2,1-6H3. The summed E-state index contributed by atoms with van der Waals surface area (Å²) < 4.78 is 6.12. The average Bonchev–Trinajstić information content (AvgIpc) is 2.15. The fourth-order valence-electron chi connectivity index (χ4n) is 1.06. The molecule has 1 heterocycles. The van der Waals surface area contributed by atoms with Gasteiger partial charge in [-0.2, -0.15) is 0 Å². The molecule has 0 aliphatic rings. The summed E-state index contributed by atoms with van der Waals surface area (Å²) >= 11 is 0. The minimum Gasteiger partial charge on any atom is -0.413 e. The summed E-state index contributed by atoms with van der Waals surface area (Å²) in [5.41, 5.74) is 2.21. The number of hydrogen-bond donors (Lipinski definition) is 0. The van der Waals surface area contributed by atoms with Crippen molar-refractivity contribution in [3.05, 3.63) is 29.6 Å². The van der Waals surface area contributed by atoms with E-state index in [0.717, 1.165) is 11.3 Å². The van der Waals surface area contributed by atoms with Gasteiger partial charge in [0.15, 0.2) is 8.32 Å². The number of hydrogen-bond acceptors (Lipinski definition) is 2. The van der Waals surface area contributed by atoms with E-state index in [1.165, 1.54) is 0 Å². The van der Waals surface area contributed by atoms with Gasteiger partial charge in [0.25, 0.3) is 0 Å². The van der Waals surface area contributed by atoms with Crippen LogP contribution in [0.5, 0.6) is 0 Å². The first-order valence-corrected chi connectivity index (χ1v) is 8.69. The normalized spacial score (nSPS) is 12.9. The molecule has 0 fully saturated rings. The van der Waals surface area contributed by atoms with E-state index >= 15 is 0 Å². The third-order valence-electron chi connectivity index (χ3n) is 3.38. The van der Waals surface area contributed by atoms with Gasteiger partial charge in [0.2, 0.25) is 0 Å². The van der Waals surface area contributed by atoms with E-state index in [-0.39, 0.29) is 5.04 Å². The molecule has 0 saturated carbocycles. The van der Waals surface area contributed by atoms with Crippen molar-refractivity contribution in [3.8, 4) is 0 Å². The van der Waals surface area contributed by atoms with Gasteiger partial charge in [-0.25, -0.2) is 0 Å². The summed E-state index contributed by atoms with van der Waals surface area (Å²) in [4.78, 5) is 4.28. The molecule has 0 aliphatic carbocycles. The molecule has 0 spiro atoms. The van der Waals surface area contributed by atoms with Crippen LogP contribution in [0.2, 0.25) is 18.1 Å². The quantitative estimate of drug-likeness (QED) is 0.744. The average molecular weight is 237 g/mol. The molecule has 0 radical (unpaired) electrons. The molecule has 0 saturated heterocycles. The highest BCUT2D eigenvalue weighted by Gasteiger charge is 2.36. The molecule has 0 aromatic carbocycles. The lowest BCUT2D eigenvalue weighted by atomic mass is 10.2. The zero-order chi connectivity index (χ0) is 12.4. The molecule has 1 aromatic heterocycles. The summed E-state index contributed by atoms with van der Waals surface area (Å²) in [6.07, 6.45) is 1.91. The van der Waals surface area contributed by atoms with Crippen LogP contribution in [0.1, 0.15) is 32.0 Å². The zero-order valence-electron chi connectivity index (χ0n) is 11.3. The molecular weight excluding hydrogens is 214 g/mol. The van der Waals surface area contributed by atoms with Gasteiger partial charge in [-0.15, -0.1) is 0 Å². The molecule has 0 unspecified atom stereocenters. The first-order chi connectivity index (χ1) is 7.22. The topological polar surface area (TPSA) is 22.1 Å². The summed E-state index contributed by atoms with van der Waals surface area (Å²) in [5, 5.41) is 0.269. The first-order valence-electron chi connectivity index (χ1n) is 5.78. The minimum atomic E-state index is -1.63. The van der Waals surface area contributed by atoms with Gasteiger partial charge in [-0.05, 0) is 36.7 Å². The van der Waals surface area contributed by atoms with Crippen LogP contribution in [0.15, 0.2) is 18.3 Å². The predicted molar refractivity (Wildman–Crippen MR) is 71.0 cm³/mol. The lowest BCUT2D eigenvalue weighted by Crippen LogP contribution is -2.40. The van der Waals surface area contributed by atoms with E-state index in [1.54, 1.807) is 0 Å². The second-order valence-corrected chi connectivity index (χ2v) is 10.7. The Bertz CT molecular complexity index is 338. The molecule has 0 bridgehead atoms. The lowest BCUT2D eigenvalue weighted by molar-refractivity contribution is 0.276. The number of rotatable bonds is 3. The fraction of sp³-hybridized carbons (Fsp3) is 0.615. The molecule has 2 nitrogen and oxygen atoms in total. The van der Waals surface area contributed by atoms with Gasteiger partial charge in [-0.3, -0.25) is 4.98 Å². The Balaban J connectivity index is 2.61. The maximum absolute atomic E-state index is 6.12. The van der Waals surface area contributed by atoms with Crippen molar-refractivity contribution < 1.29 is 4.43 Å². The Kier molecular flexibility index (Phi) is 3.91. The molecule has 0 N–H and O–H groups in total. The molecule has 1 aromatic rings. The zero-order valence-corrected chi connectivity index (χ0v) is 12.3. The molecule has 3 heteroatoms. The summed E-state index contributed by atoms with van der Waals surface area (Å²) in [6, 6.07) is 4.12. The number of nitrogens with zero attached hydrogens (tertiary/aromatic N) is 1. The Labute approximate surface area is 100 Å². The predicted octanol–water partition coefficient (Wildman–Crippen LogP) is 3.91. The number of pyridine rings is 1. The second kappa shape index (κ2) is 4.68. The maximum atomic E-state index is 6.12. The van der Waals surface area contributed by atoms with Gasteiger partial charge in [0.1, 0.15) is 0 Å². The van der Waals surface area contributed by atoms with Crippen molar-refractivity contribution in [2.75, 3.05) is 0 Å². The number of aromatic nitrogens is 1. The van der Waals surface area contributed by atoms with E-state index in [2.05, 4.69) is 44.9 Å². The van der Waals surface area contributed by atoms with Crippen molar-refractivity contribution in [1.82, 2.24) is 4.98 Å². The maximum Gasteiger partial charge on any atom is 0.192 e. The smallest absolute Gasteiger partial charge is 0.192 e. The van der Waals surface area contributed by atoms with E-state index < -0.39 is 8.32 Å². The Morgan fingerprint density at radius 2 is 1.88 bits per heavy atom. The van der Waals surface area contributed by atoms with E-state index in [9.17, 15) is 0 Å². The van der Waals surface area contributed by atoms with Crippen LogP contribution in [0.3, 0.4) is 0 Å². The molecule has 0 atom stereocenters. The van der Waals surface area contributed by atoms with E-state index in [1.807, 2.05) is 19.2 Å². The first kappa shape index (κ1) is 13.4. The third kappa shape index (κ3) is 3.42. The monoisotopic (exact) mass is 237 g/mol. The molecule has 0 aliphatic heterocycles. The van der Waals surface area contributed by atoms with Crippen LogP contribution in [-0.2, 0) is 11.0 Å². The second-order valence-electron chi connectivity index (χ2n) is 5.86. The minimum absolute atomic E-state index is 0.269. The lowest BCUT2D eigenvalue weighted by Gasteiger charge is -2.36. The largest absolute Gasteiger partial charge is 0.413 e. The number of aryl methyl sites for hydroxylation is 1. The summed E-state index contributed by atoms with van der Waals surface area (Å²) in [6.45, 7) is 14.0. The molecular formula is C13H23NOSi. The van der Waals surface area contributed by atoms with E-state index in [4.69, 9.17) is 4.43 Å². The van der Waals surface area contributed by atoms with Crippen LogP contribution in [0.25, 0.3) is 0 Å². The highest BCUT2D eigenvalue weighted by molar-refractivity contribution is 6.74. The molecule has 90 valence electrons. The van der Waals surface area contributed by atoms with Gasteiger partial charge >= 0.3 is 0 Å². The van der Waals surface area contributed by atoms with Gasteiger partial charge in [0, 0.05) is 11.9 Å². The van der Waals surface area contributed by atoms with Gasteiger partial charge < -0.3 is 4.43 Å². The summed E-state index contributed by atoms with van der Waals surface area (Å²) in [5.74, 6) is 0. The Hall–Kier alpha value is -0.673. The Morgan fingerprint density at radius 1 is 1.25 bits per heavy atom. The van der Waals surface area contributed by atoms with E-state index in [0.29, 0.717) is 6.61 Å². The SMILES string of the molecule is Cc1ccc(CO[Si](C)(C)C(C)(C)C)cn1. The van der Waals surface area contributed by atoms with Crippen molar-refractivity contribution in [2.24, 2.45) is 0 Å².